The zero-order chi connectivity index (χ0) is 15.4. The molecular formula is C15H20Br3ClO2. The first kappa shape index (κ1) is 18.5. The summed E-state index contributed by atoms with van der Waals surface area (Å²) < 4.78 is 12.4. The van der Waals surface area contributed by atoms with E-state index in [0.29, 0.717) is 4.83 Å². The minimum absolute atomic E-state index is 0.0561. The van der Waals surface area contributed by atoms with E-state index in [9.17, 15) is 0 Å². The van der Waals surface area contributed by atoms with E-state index in [0.717, 1.165) is 25.7 Å². The van der Waals surface area contributed by atoms with Gasteiger partial charge >= 0.3 is 0 Å². The molecule has 0 aromatic carbocycles. The number of fused-ring (bicyclic) bond motifs is 1. The van der Waals surface area contributed by atoms with Crippen LogP contribution in [0.3, 0.4) is 0 Å². The number of rotatable bonds is 3. The maximum Gasteiger partial charge on any atom is 0.0869 e. The van der Waals surface area contributed by atoms with Gasteiger partial charge in [0.15, 0.2) is 0 Å². The Kier molecular flexibility index (Phi) is 7.81. The molecule has 7 atom stereocenters. The molecule has 0 radical (unpaired) electrons. The van der Waals surface area contributed by atoms with Crippen molar-refractivity contribution < 1.29 is 9.47 Å². The predicted molar refractivity (Wildman–Crippen MR) is 98.1 cm³/mol. The third-order valence-electron chi connectivity index (χ3n) is 4.02. The molecule has 0 bridgehead atoms. The zero-order valence-corrected chi connectivity index (χ0v) is 17.4. The van der Waals surface area contributed by atoms with Crippen LogP contribution in [0.25, 0.3) is 0 Å². The molecule has 0 aromatic heterocycles. The van der Waals surface area contributed by atoms with E-state index in [-0.39, 0.29) is 34.6 Å². The normalized spacial score (nSPS) is 41.4. The highest BCUT2D eigenvalue weighted by atomic mass is 79.9. The SMILES string of the molecule is CCC(Br)C1CC(Br)C(Cl)CC2OC(C=C=CBr)CC2O1. The Hall–Kier alpha value is 1.17. The van der Waals surface area contributed by atoms with Crippen LogP contribution in [0, 0.1) is 0 Å². The molecule has 0 amide bonds. The van der Waals surface area contributed by atoms with Crippen LogP contribution in [0.15, 0.2) is 16.8 Å². The Bertz CT molecular complexity index is 400. The van der Waals surface area contributed by atoms with E-state index in [1.807, 2.05) is 6.08 Å². The van der Waals surface area contributed by atoms with Crippen molar-refractivity contribution in [2.45, 2.75) is 72.1 Å². The van der Waals surface area contributed by atoms with Crippen LogP contribution >= 0.6 is 59.4 Å². The molecule has 2 fully saturated rings. The molecule has 2 aliphatic rings. The molecule has 0 aliphatic carbocycles. The summed E-state index contributed by atoms with van der Waals surface area (Å²) in [4.78, 5) is 2.31. The summed E-state index contributed by atoms with van der Waals surface area (Å²) in [6.07, 6.45) is 5.97. The van der Waals surface area contributed by atoms with Gasteiger partial charge in [-0.05, 0) is 25.3 Å². The van der Waals surface area contributed by atoms with Crippen molar-refractivity contribution in [3.05, 3.63) is 16.8 Å². The summed E-state index contributed by atoms with van der Waals surface area (Å²) >= 11 is 17.2. The van der Waals surface area contributed by atoms with E-state index in [1.165, 1.54) is 0 Å². The van der Waals surface area contributed by atoms with Crippen LogP contribution in [0.1, 0.15) is 32.6 Å². The third-order valence-corrected chi connectivity index (χ3v) is 7.32. The standard InChI is InChI=1S/C15H20Br3ClO2/c1-2-10(17)13-7-11(18)12(19)8-15-14(21-13)6-9(20-15)4-3-5-16/h4-5,9-15H,2,6-8H2,1H3. The number of alkyl halides is 3. The fourth-order valence-corrected chi connectivity index (χ4v) is 4.22. The second-order valence-corrected chi connectivity index (χ2v) is 8.90. The van der Waals surface area contributed by atoms with Gasteiger partial charge in [-0.25, -0.2) is 0 Å². The molecular weight excluding hydrogens is 487 g/mol. The van der Waals surface area contributed by atoms with E-state index in [2.05, 4.69) is 60.4 Å². The van der Waals surface area contributed by atoms with Gasteiger partial charge in [-0.15, -0.1) is 17.3 Å². The van der Waals surface area contributed by atoms with Gasteiger partial charge in [0.2, 0.25) is 0 Å². The molecule has 120 valence electrons. The molecule has 2 rings (SSSR count). The van der Waals surface area contributed by atoms with Gasteiger partial charge in [0.1, 0.15) is 0 Å². The molecule has 0 spiro atoms. The first-order valence-electron chi connectivity index (χ1n) is 7.29. The summed E-state index contributed by atoms with van der Waals surface area (Å²) in [6.45, 7) is 2.16. The lowest BCUT2D eigenvalue weighted by molar-refractivity contribution is -0.0668. The Labute approximate surface area is 157 Å². The molecule has 2 saturated heterocycles. The largest absolute Gasteiger partial charge is 0.371 e. The molecule has 6 heteroatoms. The van der Waals surface area contributed by atoms with Crippen LogP contribution < -0.4 is 0 Å². The molecule has 0 saturated carbocycles. The molecule has 21 heavy (non-hydrogen) atoms. The van der Waals surface area contributed by atoms with Crippen LogP contribution in [0.5, 0.6) is 0 Å². The van der Waals surface area contributed by atoms with Crippen molar-refractivity contribution in [1.82, 2.24) is 0 Å². The average Bonchev–Trinajstić information content (AvgIpc) is 2.83. The minimum Gasteiger partial charge on any atom is -0.371 e. The number of hydrogen-bond acceptors (Lipinski definition) is 2. The van der Waals surface area contributed by atoms with Crippen LogP contribution in [-0.4, -0.2) is 39.4 Å². The zero-order valence-electron chi connectivity index (χ0n) is 11.9. The van der Waals surface area contributed by atoms with Gasteiger partial charge < -0.3 is 9.47 Å². The summed E-state index contributed by atoms with van der Waals surface area (Å²) in [7, 11) is 0. The highest BCUT2D eigenvalue weighted by Gasteiger charge is 2.42. The van der Waals surface area contributed by atoms with E-state index in [1.54, 1.807) is 4.99 Å². The predicted octanol–water partition coefficient (Wildman–Crippen LogP) is 5.30. The summed E-state index contributed by atoms with van der Waals surface area (Å²) in [5.74, 6) is 0. The number of ether oxygens (including phenoxy) is 2. The van der Waals surface area contributed by atoms with E-state index < -0.39 is 0 Å². The fraction of sp³-hybridized carbons (Fsp3) is 0.800. The van der Waals surface area contributed by atoms with Crippen LogP contribution in [0.4, 0.5) is 0 Å². The van der Waals surface area contributed by atoms with Gasteiger partial charge in [-0.3, -0.25) is 0 Å². The van der Waals surface area contributed by atoms with Gasteiger partial charge in [0.25, 0.3) is 0 Å². The van der Waals surface area contributed by atoms with Crippen LogP contribution in [-0.2, 0) is 9.47 Å². The summed E-state index contributed by atoms with van der Waals surface area (Å²) in [6, 6.07) is 0. The van der Waals surface area contributed by atoms with Crippen molar-refractivity contribution in [2.75, 3.05) is 0 Å². The van der Waals surface area contributed by atoms with Gasteiger partial charge in [-0.2, -0.15) is 0 Å². The Balaban J connectivity index is 2.11. The minimum atomic E-state index is 0.0561. The lowest BCUT2D eigenvalue weighted by atomic mass is 9.98. The number of hydrogen-bond donors (Lipinski definition) is 0. The molecule has 7 unspecified atom stereocenters. The second kappa shape index (κ2) is 8.86. The first-order chi connectivity index (χ1) is 10.0. The smallest absolute Gasteiger partial charge is 0.0869 e. The van der Waals surface area contributed by atoms with Gasteiger partial charge in [0, 0.05) is 26.4 Å². The Morgan fingerprint density at radius 1 is 1.29 bits per heavy atom. The Morgan fingerprint density at radius 3 is 2.67 bits per heavy atom. The lowest BCUT2D eigenvalue weighted by Crippen LogP contribution is -2.41. The first-order valence-corrected chi connectivity index (χ1v) is 10.5. The van der Waals surface area contributed by atoms with Crippen LogP contribution in [0.2, 0.25) is 0 Å². The summed E-state index contributed by atoms with van der Waals surface area (Å²) in [5, 5.41) is 0.0647. The molecule has 2 aliphatic heterocycles. The lowest BCUT2D eigenvalue weighted by Gasteiger charge is -2.34. The van der Waals surface area contributed by atoms with Crippen molar-refractivity contribution in [2.24, 2.45) is 0 Å². The fourth-order valence-electron chi connectivity index (χ4n) is 2.87. The number of halogens is 4. The molecule has 2 heterocycles. The maximum atomic E-state index is 6.54. The molecule has 0 N–H and O–H groups in total. The monoisotopic (exact) mass is 504 g/mol. The second-order valence-electron chi connectivity index (χ2n) is 5.53. The molecule has 2 nitrogen and oxygen atoms in total. The Morgan fingerprint density at radius 2 is 2.00 bits per heavy atom. The van der Waals surface area contributed by atoms with Crippen molar-refractivity contribution in [3.63, 3.8) is 0 Å². The average molecular weight is 507 g/mol. The summed E-state index contributed by atoms with van der Waals surface area (Å²) in [5.41, 5.74) is 3.03. The molecule has 0 aromatic rings. The highest BCUT2D eigenvalue weighted by Crippen LogP contribution is 2.37. The van der Waals surface area contributed by atoms with E-state index >= 15 is 0 Å². The van der Waals surface area contributed by atoms with Crippen molar-refractivity contribution in [1.29, 1.82) is 0 Å². The van der Waals surface area contributed by atoms with Crippen molar-refractivity contribution in [3.8, 4) is 0 Å². The topological polar surface area (TPSA) is 18.5 Å². The quantitative estimate of drug-likeness (QED) is 0.382. The van der Waals surface area contributed by atoms with Crippen molar-refractivity contribution >= 4 is 59.4 Å². The van der Waals surface area contributed by atoms with Gasteiger partial charge in [-0.1, -0.05) is 54.7 Å². The maximum absolute atomic E-state index is 6.54. The van der Waals surface area contributed by atoms with E-state index in [4.69, 9.17) is 21.1 Å². The van der Waals surface area contributed by atoms with Gasteiger partial charge in [0.05, 0.1) is 24.4 Å². The highest BCUT2D eigenvalue weighted by molar-refractivity contribution is 9.11. The third kappa shape index (κ3) is 5.07.